The summed E-state index contributed by atoms with van der Waals surface area (Å²) in [7, 11) is 1.63. The Morgan fingerprint density at radius 3 is 2.12 bits per heavy atom. The number of anilines is 2. The van der Waals surface area contributed by atoms with E-state index in [-0.39, 0.29) is 17.0 Å². The fraction of sp³-hybridized carbons (Fsp3) is 0.192. The van der Waals surface area contributed by atoms with Gasteiger partial charge in [-0.3, -0.25) is 9.59 Å². The zero-order chi connectivity index (χ0) is 23.8. The van der Waals surface area contributed by atoms with Crippen LogP contribution in [0.2, 0.25) is 0 Å². The highest BCUT2D eigenvalue weighted by Gasteiger charge is 2.24. The lowest BCUT2D eigenvalue weighted by Crippen LogP contribution is -2.32. The predicted molar refractivity (Wildman–Crippen MR) is 127 cm³/mol. The molecule has 0 saturated heterocycles. The Morgan fingerprint density at radius 1 is 0.879 bits per heavy atom. The smallest absolute Gasteiger partial charge is 0.339 e. The molecule has 7 heteroatoms. The van der Waals surface area contributed by atoms with E-state index < -0.39 is 18.0 Å². The van der Waals surface area contributed by atoms with E-state index in [9.17, 15) is 14.4 Å². The normalized spacial score (nSPS) is 11.2. The third kappa shape index (κ3) is 5.98. The lowest BCUT2D eigenvalue weighted by Gasteiger charge is -2.19. The van der Waals surface area contributed by atoms with E-state index in [0.717, 1.165) is 0 Å². The molecule has 0 aliphatic heterocycles. The van der Waals surface area contributed by atoms with Crippen molar-refractivity contribution in [3.63, 3.8) is 0 Å². The van der Waals surface area contributed by atoms with Crippen molar-refractivity contribution < 1.29 is 23.9 Å². The van der Waals surface area contributed by atoms with E-state index in [1.165, 1.54) is 17.9 Å². The van der Waals surface area contributed by atoms with Crippen LogP contribution >= 0.6 is 0 Å². The summed E-state index contributed by atoms with van der Waals surface area (Å²) in [6.45, 7) is 3.91. The molecule has 0 aliphatic carbocycles. The first-order chi connectivity index (χ1) is 15.9. The highest BCUT2D eigenvalue weighted by molar-refractivity contribution is 6.12. The van der Waals surface area contributed by atoms with E-state index in [1.54, 1.807) is 61.6 Å². The van der Waals surface area contributed by atoms with E-state index in [0.29, 0.717) is 23.7 Å². The maximum atomic E-state index is 13.0. The second kappa shape index (κ2) is 10.9. The maximum Gasteiger partial charge on any atom is 0.339 e. The molecule has 0 bridgehead atoms. The molecule has 3 aromatic carbocycles. The Labute approximate surface area is 192 Å². The Kier molecular flexibility index (Phi) is 7.81. The molecule has 1 unspecified atom stereocenters. The van der Waals surface area contributed by atoms with Crippen LogP contribution in [0.1, 0.15) is 34.6 Å². The Bertz CT molecular complexity index is 1110. The van der Waals surface area contributed by atoms with Gasteiger partial charge in [-0.1, -0.05) is 30.3 Å². The third-order valence-electron chi connectivity index (χ3n) is 4.91. The topological polar surface area (TPSA) is 84.9 Å². The van der Waals surface area contributed by atoms with Crippen LogP contribution in [0, 0.1) is 0 Å². The Morgan fingerprint density at radius 2 is 1.48 bits per heavy atom. The van der Waals surface area contributed by atoms with Crippen molar-refractivity contribution in [2.75, 3.05) is 23.9 Å². The lowest BCUT2D eigenvalue weighted by molar-refractivity contribution is -0.123. The second-order valence-corrected chi connectivity index (χ2v) is 7.24. The van der Waals surface area contributed by atoms with Crippen LogP contribution in [-0.4, -0.2) is 37.5 Å². The van der Waals surface area contributed by atoms with Crippen molar-refractivity contribution in [1.29, 1.82) is 0 Å². The van der Waals surface area contributed by atoms with Crippen LogP contribution in [0.15, 0.2) is 78.9 Å². The number of amides is 2. The number of nitrogens with one attached hydrogen (secondary N) is 1. The predicted octanol–water partition coefficient (Wildman–Crippen LogP) is 4.55. The van der Waals surface area contributed by atoms with Crippen molar-refractivity contribution in [2.45, 2.75) is 20.0 Å². The zero-order valence-corrected chi connectivity index (χ0v) is 18.8. The molecule has 0 fully saturated rings. The van der Waals surface area contributed by atoms with E-state index in [2.05, 4.69) is 5.32 Å². The van der Waals surface area contributed by atoms with E-state index in [4.69, 9.17) is 9.47 Å². The number of para-hydroxylation sites is 1. The van der Waals surface area contributed by atoms with Gasteiger partial charge in [0, 0.05) is 18.4 Å². The summed E-state index contributed by atoms with van der Waals surface area (Å²) in [5.74, 6) is -0.913. The van der Waals surface area contributed by atoms with Gasteiger partial charge in [-0.15, -0.1) is 0 Å². The minimum Gasteiger partial charge on any atom is -0.494 e. The molecule has 170 valence electrons. The molecule has 0 saturated carbocycles. The number of benzene rings is 3. The monoisotopic (exact) mass is 446 g/mol. The summed E-state index contributed by atoms with van der Waals surface area (Å²) in [6.07, 6.45) is -1.07. The van der Waals surface area contributed by atoms with E-state index >= 15 is 0 Å². The van der Waals surface area contributed by atoms with Gasteiger partial charge in [0.1, 0.15) is 5.75 Å². The average Bonchev–Trinajstić information content (AvgIpc) is 2.85. The summed E-state index contributed by atoms with van der Waals surface area (Å²) in [5.41, 5.74) is 1.51. The molecule has 0 spiro atoms. The molecule has 33 heavy (non-hydrogen) atoms. The molecule has 0 heterocycles. The first kappa shape index (κ1) is 23.5. The zero-order valence-electron chi connectivity index (χ0n) is 18.8. The van der Waals surface area contributed by atoms with Crippen molar-refractivity contribution in [3.8, 4) is 5.75 Å². The minimum atomic E-state index is -1.07. The molecule has 3 aromatic rings. The quantitative estimate of drug-likeness (QED) is 0.513. The van der Waals surface area contributed by atoms with Crippen molar-refractivity contribution in [2.24, 2.45) is 0 Å². The summed E-state index contributed by atoms with van der Waals surface area (Å²) >= 11 is 0. The summed E-state index contributed by atoms with van der Waals surface area (Å²) < 4.78 is 10.7. The Hall–Kier alpha value is -4.13. The number of esters is 1. The molecule has 1 N–H and O–H groups in total. The van der Waals surface area contributed by atoms with Crippen LogP contribution in [0.5, 0.6) is 5.75 Å². The van der Waals surface area contributed by atoms with Gasteiger partial charge < -0.3 is 19.7 Å². The van der Waals surface area contributed by atoms with Gasteiger partial charge in [-0.05, 0) is 62.4 Å². The van der Waals surface area contributed by atoms with Crippen LogP contribution < -0.4 is 15.0 Å². The highest BCUT2D eigenvalue weighted by atomic mass is 16.5. The molecular weight excluding hydrogens is 420 g/mol. The standard InChI is InChI=1S/C26H26N2O5/c1-4-32-21-16-14-19(15-17-21)27-24(29)18(2)33-26(31)23-13-9-8-12-22(23)25(30)28(3)20-10-6-5-7-11-20/h5-18H,4H2,1-3H3,(H,27,29). The number of carbonyl (C=O) groups is 3. The first-order valence-corrected chi connectivity index (χ1v) is 10.6. The van der Waals surface area contributed by atoms with Crippen LogP contribution in [0.3, 0.4) is 0 Å². The molecule has 0 aromatic heterocycles. The van der Waals surface area contributed by atoms with Crippen molar-refractivity contribution >= 4 is 29.2 Å². The Balaban J connectivity index is 1.68. The maximum absolute atomic E-state index is 13.0. The van der Waals surface area contributed by atoms with E-state index in [1.807, 2.05) is 25.1 Å². The number of carbonyl (C=O) groups excluding carboxylic acids is 3. The fourth-order valence-corrected chi connectivity index (χ4v) is 3.12. The third-order valence-corrected chi connectivity index (χ3v) is 4.91. The molecule has 3 rings (SSSR count). The van der Waals surface area contributed by atoms with Crippen molar-refractivity contribution in [1.82, 2.24) is 0 Å². The van der Waals surface area contributed by atoms with Crippen LogP contribution in [-0.2, 0) is 9.53 Å². The van der Waals surface area contributed by atoms with Gasteiger partial charge in [-0.25, -0.2) is 4.79 Å². The molecule has 0 aliphatic rings. The second-order valence-electron chi connectivity index (χ2n) is 7.24. The summed E-state index contributed by atoms with van der Waals surface area (Å²) in [6, 6.07) is 22.3. The largest absolute Gasteiger partial charge is 0.494 e. The number of hydrogen-bond acceptors (Lipinski definition) is 5. The summed E-state index contributed by atoms with van der Waals surface area (Å²) in [5, 5.41) is 2.70. The summed E-state index contributed by atoms with van der Waals surface area (Å²) in [4.78, 5) is 39.8. The number of nitrogens with zero attached hydrogens (tertiary/aromatic N) is 1. The first-order valence-electron chi connectivity index (χ1n) is 10.6. The molecule has 1 atom stereocenters. The highest BCUT2D eigenvalue weighted by Crippen LogP contribution is 2.19. The number of rotatable bonds is 8. The molecular formula is C26H26N2O5. The molecule has 0 radical (unpaired) electrons. The lowest BCUT2D eigenvalue weighted by atomic mass is 10.1. The average molecular weight is 447 g/mol. The minimum absolute atomic E-state index is 0.0889. The molecule has 2 amide bonds. The van der Waals surface area contributed by atoms with Crippen LogP contribution in [0.4, 0.5) is 11.4 Å². The number of hydrogen-bond donors (Lipinski definition) is 1. The fourth-order valence-electron chi connectivity index (χ4n) is 3.12. The van der Waals surface area contributed by atoms with Gasteiger partial charge in [0.15, 0.2) is 6.10 Å². The van der Waals surface area contributed by atoms with Gasteiger partial charge in [0.05, 0.1) is 17.7 Å². The van der Waals surface area contributed by atoms with Crippen LogP contribution in [0.25, 0.3) is 0 Å². The van der Waals surface area contributed by atoms with Gasteiger partial charge in [-0.2, -0.15) is 0 Å². The van der Waals surface area contributed by atoms with Gasteiger partial charge >= 0.3 is 5.97 Å². The van der Waals surface area contributed by atoms with Gasteiger partial charge in [0.2, 0.25) is 0 Å². The van der Waals surface area contributed by atoms with Gasteiger partial charge in [0.25, 0.3) is 11.8 Å². The number of ether oxygens (including phenoxy) is 2. The molecule has 7 nitrogen and oxygen atoms in total. The van der Waals surface area contributed by atoms with Crippen molar-refractivity contribution in [3.05, 3.63) is 90.0 Å². The SMILES string of the molecule is CCOc1ccc(NC(=O)C(C)OC(=O)c2ccccc2C(=O)N(C)c2ccccc2)cc1.